The van der Waals surface area contributed by atoms with Crippen LogP contribution >= 0.6 is 0 Å². The summed E-state index contributed by atoms with van der Waals surface area (Å²) in [7, 11) is 0. The van der Waals surface area contributed by atoms with E-state index in [2.05, 4.69) is 0 Å². The van der Waals surface area contributed by atoms with Crippen LogP contribution in [0.25, 0.3) is 0 Å². The van der Waals surface area contributed by atoms with Crippen LogP contribution in [0.3, 0.4) is 0 Å². The molecule has 2 aliphatic heterocycles. The number of benzene rings is 1. The molecule has 8 heteroatoms. The zero-order chi connectivity index (χ0) is 17.5. The van der Waals surface area contributed by atoms with Crippen molar-refractivity contribution in [3.63, 3.8) is 0 Å². The van der Waals surface area contributed by atoms with Crippen LogP contribution in [0.5, 0.6) is 0 Å². The van der Waals surface area contributed by atoms with E-state index in [0.717, 1.165) is 0 Å². The number of carbonyl (C=O) groups excluding carboxylic acids is 2. The van der Waals surface area contributed by atoms with Gasteiger partial charge in [0.25, 0.3) is 0 Å². The standard InChI is InChI=1S/C16H17F3N2O3/c17-16(18,19)14(23)20-11-9-15(24,10-5-2-1-3-6-10)12-7-4-8-21(12)13(11)22/h1-3,5-6,11-12,24H,4,7-9H2,(H,20,23)/t11-,12+,15+/m0/s1. The van der Waals surface area contributed by atoms with Crippen LogP contribution in [0.1, 0.15) is 24.8 Å². The summed E-state index contributed by atoms with van der Waals surface area (Å²) in [6, 6.07) is 6.64. The molecule has 2 fully saturated rings. The van der Waals surface area contributed by atoms with E-state index < -0.39 is 35.7 Å². The predicted octanol–water partition coefficient (Wildman–Crippen LogP) is 1.32. The summed E-state index contributed by atoms with van der Waals surface area (Å²) < 4.78 is 37.5. The molecule has 130 valence electrons. The largest absolute Gasteiger partial charge is 0.471 e. The molecule has 2 heterocycles. The summed E-state index contributed by atoms with van der Waals surface area (Å²) in [5, 5.41) is 12.9. The molecule has 24 heavy (non-hydrogen) atoms. The number of amides is 2. The lowest BCUT2D eigenvalue weighted by Gasteiger charge is -2.46. The Hall–Kier alpha value is -2.09. The average molecular weight is 342 g/mol. The Morgan fingerprint density at radius 2 is 1.96 bits per heavy atom. The number of fused-ring (bicyclic) bond motifs is 1. The molecule has 0 bridgehead atoms. The Morgan fingerprint density at radius 3 is 2.58 bits per heavy atom. The van der Waals surface area contributed by atoms with Gasteiger partial charge in [0.15, 0.2) is 0 Å². The maximum atomic E-state index is 12.5. The second-order valence-corrected chi connectivity index (χ2v) is 6.21. The first kappa shape index (κ1) is 16.8. The lowest BCUT2D eigenvalue weighted by atomic mass is 9.77. The predicted molar refractivity (Wildman–Crippen MR) is 77.7 cm³/mol. The van der Waals surface area contributed by atoms with Crippen molar-refractivity contribution in [3.8, 4) is 0 Å². The van der Waals surface area contributed by atoms with Crippen LogP contribution in [0.4, 0.5) is 13.2 Å². The molecule has 0 unspecified atom stereocenters. The quantitative estimate of drug-likeness (QED) is 0.852. The van der Waals surface area contributed by atoms with Crippen LogP contribution < -0.4 is 5.32 Å². The van der Waals surface area contributed by atoms with Crippen molar-refractivity contribution < 1.29 is 27.9 Å². The molecule has 0 radical (unpaired) electrons. The topological polar surface area (TPSA) is 69.6 Å². The van der Waals surface area contributed by atoms with Crippen molar-refractivity contribution in [2.75, 3.05) is 6.54 Å². The molecule has 2 saturated heterocycles. The number of rotatable bonds is 2. The van der Waals surface area contributed by atoms with E-state index >= 15 is 0 Å². The summed E-state index contributed by atoms with van der Waals surface area (Å²) in [5.41, 5.74) is -0.962. The van der Waals surface area contributed by atoms with Gasteiger partial charge in [-0.05, 0) is 18.4 Å². The number of hydrogen-bond donors (Lipinski definition) is 2. The van der Waals surface area contributed by atoms with Crippen LogP contribution in [0.2, 0.25) is 0 Å². The van der Waals surface area contributed by atoms with Gasteiger partial charge in [-0.2, -0.15) is 13.2 Å². The Kier molecular flexibility index (Phi) is 4.03. The van der Waals surface area contributed by atoms with Crippen molar-refractivity contribution in [2.24, 2.45) is 0 Å². The number of aliphatic hydroxyl groups is 1. The van der Waals surface area contributed by atoms with Crippen molar-refractivity contribution in [1.29, 1.82) is 0 Å². The maximum Gasteiger partial charge on any atom is 0.471 e. The summed E-state index contributed by atoms with van der Waals surface area (Å²) in [6.07, 6.45) is -4.13. The van der Waals surface area contributed by atoms with Gasteiger partial charge in [0.1, 0.15) is 11.6 Å². The second-order valence-electron chi connectivity index (χ2n) is 6.21. The van der Waals surface area contributed by atoms with E-state index in [1.807, 2.05) is 0 Å². The molecule has 0 spiro atoms. The third-order valence-corrected chi connectivity index (χ3v) is 4.74. The summed E-state index contributed by atoms with van der Waals surface area (Å²) in [6.45, 7) is 0.358. The molecule has 1 aromatic rings. The van der Waals surface area contributed by atoms with Gasteiger partial charge in [-0.1, -0.05) is 30.3 Å². The molecular weight excluding hydrogens is 325 g/mol. The molecule has 1 aromatic carbocycles. The second kappa shape index (κ2) is 5.77. The summed E-state index contributed by atoms with van der Waals surface area (Å²) >= 11 is 0. The van der Waals surface area contributed by atoms with Crippen LogP contribution in [-0.4, -0.2) is 46.6 Å². The average Bonchev–Trinajstić information content (AvgIpc) is 3.03. The lowest BCUT2D eigenvalue weighted by Crippen LogP contribution is -2.64. The normalized spacial score (nSPS) is 30.2. The van der Waals surface area contributed by atoms with Gasteiger partial charge in [-0.25, -0.2) is 0 Å². The Labute approximate surface area is 136 Å². The van der Waals surface area contributed by atoms with Crippen LogP contribution in [0, 0.1) is 0 Å². The minimum absolute atomic E-state index is 0.279. The van der Waals surface area contributed by atoms with E-state index in [4.69, 9.17) is 0 Å². The van der Waals surface area contributed by atoms with Gasteiger partial charge in [-0.3, -0.25) is 9.59 Å². The fourth-order valence-electron chi connectivity index (χ4n) is 3.65. The summed E-state index contributed by atoms with van der Waals surface area (Å²) in [4.78, 5) is 25.0. The molecule has 2 amide bonds. The van der Waals surface area contributed by atoms with E-state index in [1.54, 1.807) is 35.6 Å². The molecule has 3 rings (SSSR count). The minimum atomic E-state index is -5.08. The molecule has 0 aliphatic carbocycles. The lowest BCUT2D eigenvalue weighted by molar-refractivity contribution is -0.178. The highest BCUT2D eigenvalue weighted by atomic mass is 19.4. The van der Waals surface area contributed by atoms with E-state index in [1.165, 1.54) is 4.90 Å². The molecule has 2 N–H and O–H groups in total. The number of nitrogens with one attached hydrogen (secondary N) is 1. The summed E-state index contributed by atoms with van der Waals surface area (Å²) in [5.74, 6) is -2.75. The van der Waals surface area contributed by atoms with E-state index in [-0.39, 0.29) is 6.42 Å². The zero-order valence-electron chi connectivity index (χ0n) is 12.7. The van der Waals surface area contributed by atoms with Gasteiger partial charge in [0.05, 0.1) is 6.04 Å². The maximum absolute atomic E-state index is 12.5. The highest BCUT2D eigenvalue weighted by molar-refractivity contribution is 5.91. The van der Waals surface area contributed by atoms with Gasteiger partial charge < -0.3 is 15.3 Å². The minimum Gasteiger partial charge on any atom is -0.383 e. The van der Waals surface area contributed by atoms with Gasteiger partial charge in [0.2, 0.25) is 5.91 Å². The fraction of sp³-hybridized carbons (Fsp3) is 0.500. The van der Waals surface area contributed by atoms with E-state index in [0.29, 0.717) is 24.9 Å². The van der Waals surface area contributed by atoms with Gasteiger partial charge in [0, 0.05) is 13.0 Å². The Bertz CT molecular complexity index is 650. The molecule has 3 atom stereocenters. The number of nitrogens with zero attached hydrogens (tertiary/aromatic N) is 1. The first-order chi connectivity index (χ1) is 11.2. The molecule has 2 aliphatic rings. The number of alkyl halides is 3. The SMILES string of the molecule is O=C1[C@@H](NC(=O)C(F)(F)F)C[C@@](O)(c2ccccc2)[C@H]2CCCN12. The number of carbonyl (C=O) groups is 2. The third-order valence-electron chi connectivity index (χ3n) is 4.74. The van der Waals surface area contributed by atoms with Crippen molar-refractivity contribution in [2.45, 2.75) is 43.1 Å². The molecule has 5 nitrogen and oxygen atoms in total. The first-order valence-corrected chi connectivity index (χ1v) is 7.69. The van der Waals surface area contributed by atoms with Crippen LogP contribution in [0.15, 0.2) is 30.3 Å². The van der Waals surface area contributed by atoms with E-state index in [9.17, 15) is 27.9 Å². The Morgan fingerprint density at radius 1 is 1.29 bits per heavy atom. The molecular formula is C16H17F3N2O3. The van der Waals surface area contributed by atoms with Crippen molar-refractivity contribution >= 4 is 11.8 Å². The highest BCUT2D eigenvalue weighted by Crippen LogP contribution is 2.42. The monoisotopic (exact) mass is 342 g/mol. The fourth-order valence-corrected chi connectivity index (χ4v) is 3.65. The zero-order valence-corrected chi connectivity index (χ0v) is 12.7. The Balaban J connectivity index is 1.93. The van der Waals surface area contributed by atoms with Crippen molar-refractivity contribution in [3.05, 3.63) is 35.9 Å². The molecule has 0 aromatic heterocycles. The van der Waals surface area contributed by atoms with Gasteiger partial charge in [-0.15, -0.1) is 0 Å². The number of hydrogen-bond acceptors (Lipinski definition) is 3. The van der Waals surface area contributed by atoms with Gasteiger partial charge >= 0.3 is 12.1 Å². The van der Waals surface area contributed by atoms with Crippen LogP contribution in [-0.2, 0) is 15.2 Å². The molecule has 0 saturated carbocycles. The number of piperidine rings is 1. The smallest absolute Gasteiger partial charge is 0.383 e. The highest BCUT2D eigenvalue weighted by Gasteiger charge is 2.54. The first-order valence-electron chi connectivity index (χ1n) is 7.69. The number of halogens is 3. The van der Waals surface area contributed by atoms with Crippen molar-refractivity contribution in [1.82, 2.24) is 10.2 Å². The third kappa shape index (κ3) is 2.75.